The second-order valence-corrected chi connectivity index (χ2v) is 6.24. The number of amides is 2. The number of piperidine rings is 1. The molecule has 0 radical (unpaired) electrons. The first-order valence-electron chi connectivity index (χ1n) is 7.48. The molecule has 5 heteroatoms. The minimum atomic E-state index is -0.529. The van der Waals surface area contributed by atoms with Crippen molar-refractivity contribution >= 4 is 17.5 Å². The number of hydrogen-bond acceptors (Lipinski definition) is 2. The smallest absolute Gasteiger partial charge is 0.279 e. The van der Waals surface area contributed by atoms with Crippen LogP contribution in [0.5, 0.6) is 0 Å². The van der Waals surface area contributed by atoms with E-state index in [1.54, 1.807) is 24.3 Å². The van der Waals surface area contributed by atoms with E-state index in [-0.39, 0.29) is 5.91 Å². The average molecular weight is 290 g/mol. The van der Waals surface area contributed by atoms with Gasteiger partial charge in [-0.15, -0.1) is 0 Å². The molecule has 0 aromatic heterocycles. The molecule has 0 spiro atoms. The standard InChI is InChI=1S/C16H23N3O2/c1-11-7-12(2)9-19(8-11)10-15(20)18-14-6-4-3-5-13(14)16(17)21/h3-6,11-12H,7-10H2,1-2H3,(H2,17,21)(H,18,20)/p+1/t11-,12-/m1/s1. The second kappa shape index (κ2) is 6.72. The summed E-state index contributed by atoms with van der Waals surface area (Å²) in [5.74, 6) is 0.697. The number of quaternary nitrogens is 1. The Bertz CT molecular complexity index is 520. The molecule has 5 nitrogen and oxygen atoms in total. The van der Waals surface area contributed by atoms with Crippen molar-refractivity contribution in [2.75, 3.05) is 25.0 Å². The van der Waals surface area contributed by atoms with Gasteiger partial charge in [0.15, 0.2) is 6.54 Å². The van der Waals surface area contributed by atoms with E-state index in [0.717, 1.165) is 13.1 Å². The van der Waals surface area contributed by atoms with E-state index in [4.69, 9.17) is 5.73 Å². The second-order valence-electron chi connectivity index (χ2n) is 6.24. The fraction of sp³-hybridized carbons (Fsp3) is 0.500. The molecule has 1 aliphatic heterocycles. The van der Waals surface area contributed by atoms with Gasteiger partial charge in [-0.25, -0.2) is 0 Å². The van der Waals surface area contributed by atoms with Gasteiger partial charge in [0.05, 0.1) is 24.3 Å². The Morgan fingerprint density at radius 1 is 1.24 bits per heavy atom. The van der Waals surface area contributed by atoms with Crippen molar-refractivity contribution in [2.45, 2.75) is 20.3 Å². The van der Waals surface area contributed by atoms with E-state index in [2.05, 4.69) is 19.2 Å². The maximum Gasteiger partial charge on any atom is 0.279 e. The number of nitrogens with two attached hydrogens (primary N) is 1. The third-order valence-corrected chi connectivity index (χ3v) is 3.96. The van der Waals surface area contributed by atoms with Crippen LogP contribution in [-0.4, -0.2) is 31.4 Å². The molecule has 0 aliphatic carbocycles. The van der Waals surface area contributed by atoms with Gasteiger partial charge in [0.1, 0.15) is 0 Å². The number of benzene rings is 1. The van der Waals surface area contributed by atoms with Crippen LogP contribution in [-0.2, 0) is 4.79 Å². The number of anilines is 1. The third-order valence-electron chi connectivity index (χ3n) is 3.96. The number of likely N-dealkylation sites (tertiary alicyclic amines) is 1. The average Bonchev–Trinajstić information content (AvgIpc) is 2.37. The molecule has 1 aromatic carbocycles. The normalized spacial score (nSPS) is 25.3. The highest BCUT2D eigenvalue weighted by molar-refractivity contribution is 6.03. The molecular formula is C16H24N3O2+. The first-order chi connectivity index (χ1) is 9.95. The lowest BCUT2D eigenvalue weighted by Crippen LogP contribution is -3.15. The van der Waals surface area contributed by atoms with Gasteiger partial charge in [-0.2, -0.15) is 0 Å². The number of rotatable bonds is 4. The molecule has 0 unspecified atom stereocenters. The summed E-state index contributed by atoms with van der Waals surface area (Å²) in [5, 5.41) is 2.81. The van der Waals surface area contributed by atoms with Crippen LogP contribution >= 0.6 is 0 Å². The zero-order chi connectivity index (χ0) is 15.4. The Kier molecular flexibility index (Phi) is 4.96. The van der Waals surface area contributed by atoms with E-state index in [1.165, 1.54) is 11.3 Å². The third kappa shape index (κ3) is 4.29. The molecule has 1 fully saturated rings. The summed E-state index contributed by atoms with van der Waals surface area (Å²) in [6.45, 7) is 6.94. The van der Waals surface area contributed by atoms with Crippen molar-refractivity contribution in [3.05, 3.63) is 29.8 Å². The topological polar surface area (TPSA) is 76.6 Å². The molecule has 1 saturated heterocycles. The van der Waals surface area contributed by atoms with Crippen LogP contribution in [0.2, 0.25) is 0 Å². The first kappa shape index (κ1) is 15.5. The molecule has 2 amide bonds. The Morgan fingerprint density at radius 3 is 2.48 bits per heavy atom. The minimum absolute atomic E-state index is 0.0694. The maximum atomic E-state index is 12.2. The van der Waals surface area contributed by atoms with Gasteiger partial charge >= 0.3 is 0 Å². The van der Waals surface area contributed by atoms with Crippen LogP contribution in [0.15, 0.2) is 24.3 Å². The highest BCUT2D eigenvalue weighted by atomic mass is 16.2. The summed E-state index contributed by atoms with van der Waals surface area (Å²) in [6, 6.07) is 6.83. The fourth-order valence-corrected chi connectivity index (χ4v) is 3.30. The summed E-state index contributed by atoms with van der Waals surface area (Å²) in [4.78, 5) is 24.8. The van der Waals surface area contributed by atoms with Gasteiger partial charge in [-0.05, 0) is 18.6 Å². The van der Waals surface area contributed by atoms with Crippen LogP contribution in [0.1, 0.15) is 30.6 Å². The molecule has 4 N–H and O–H groups in total. The van der Waals surface area contributed by atoms with Crippen molar-refractivity contribution in [3.8, 4) is 0 Å². The first-order valence-corrected chi connectivity index (χ1v) is 7.48. The van der Waals surface area contributed by atoms with Crippen LogP contribution < -0.4 is 16.0 Å². The van der Waals surface area contributed by atoms with E-state index >= 15 is 0 Å². The lowest BCUT2D eigenvalue weighted by atomic mass is 9.92. The van der Waals surface area contributed by atoms with Gasteiger partial charge < -0.3 is 16.0 Å². The van der Waals surface area contributed by atoms with Gasteiger partial charge in [0.2, 0.25) is 0 Å². The summed E-state index contributed by atoms with van der Waals surface area (Å²) in [5.41, 5.74) is 6.16. The summed E-state index contributed by atoms with van der Waals surface area (Å²) in [7, 11) is 0. The maximum absolute atomic E-state index is 12.2. The number of carbonyl (C=O) groups is 2. The highest BCUT2D eigenvalue weighted by Crippen LogP contribution is 2.14. The quantitative estimate of drug-likeness (QED) is 0.745. The van der Waals surface area contributed by atoms with E-state index in [9.17, 15) is 9.59 Å². The molecule has 2 rings (SSSR count). The Hall–Kier alpha value is -1.88. The fourth-order valence-electron chi connectivity index (χ4n) is 3.30. The van der Waals surface area contributed by atoms with Crippen molar-refractivity contribution in [1.29, 1.82) is 0 Å². The van der Waals surface area contributed by atoms with Crippen LogP contribution in [0.25, 0.3) is 0 Å². The molecular weight excluding hydrogens is 266 g/mol. The number of nitrogens with one attached hydrogen (secondary N) is 2. The summed E-state index contributed by atoms with van der Waals surface area (Å²) in [6.07, 6.45) is 1.23. The zero-order valence-electron chi connectivity index (χ0n) is 12.7. The summed E-state index contributed by atoms with van der Waals surface area (Å²) >= 11 is 0. The highest BCUT2D eigenvalue weighted by Gasteiger charge is 2.26. The van der Waals surface area contributed by atoms with Crippen LogP contribution in [0, 0.1) is 11.8 Å². The molecule has 21 heavy (non-hydrogen) atoms. The SMILES string of the molecule is C[C@@H]1C[C@@H](C)C[NH+](CC(=O)Nc2ccccc2C(N)=O)C1. The number of carbonyl (C=O) groups excluding carboxylic acids is 2. The Morgan fingerprint density at radius 2 is 1.86 bits per heavy atom. The van der Waals surface area contributed by atoms with Crippen LogP contribution in [0.4, 0.5) is 5.69 Å². The Labute approximate surface area is 125 Å². The number of primary amides is 1. The minimum Gasteiger partial charge on any atom is -0.366 e. The van der Waals surface area contributed by atoms with Crippen LogP contribution in [0.3, 0.4) is 0 Å². The van der Waals surface area contributed by atoms with Gasteiger partial charge in [0, 0.05) is 11.8 Å². The van der Waals surface area contributed by atoms with Crippen molar-refractivity contribution in [3.63, 3.8) is 0 Å². The molecule has 0 saturated carbocycles. The van der Waals surface area contributed by atoms with Crippen molar-refractivity contribution < 1.29 is 14.5 Å². The summed E-state index contributed by atoms with van der Waals surface area (Å²) < 4.78 is 0. The molecule has 2 atom stereocenters. The van der Waals surface area contributed by atoms with Gasteiger partial charge in [0.25, 0.3) is 11.8 Å². The van der Waals surface area contributed by atoms with E-state index in [0.29, 0.717) is 29.6 Å². The lowest BCUT2D eigenvalue weighted by Gasteiger charge is -2.31. The largest absolute Gasteiger partial charge is 0.366 e. The van der Waals surface area contributed by atoms with Gasteiger partial charge in [-0.3, -0.25) is 9.59 Å². The monoisotopic (exact) mass is 290 g/mol. The zero-order valence-corrected chi connectivity index (χ0v) is 12.7. The lowest BCUT2D eigenvalue weighted by molar-refractivity contribution is -0.904. The molecule has 0 bridgehead atoms. The van der Waals surface area contributed by atoms with Crippen molar-refractivity contribution in [1.82, 2.24) is 0 Å². The predicted octanol–water partition coefficient (Wildman–Crippen LogP) is 0.285. The van der Waals surface area contributed by atoms with E-state index in [1.807, 2.05) is 0 Å². The predicted molar refractivity (Wildman–Crippen MR) is 82.1 cm³/mol. The molecule has 114 valence electrons. The molecule has 1 heterocycles. The number of hydrogen-bond donors (Lipinski definition) is 3. The Balaban J connectivity index is 1.97. The van der Waals surface area contributed by atoms with Gasteiger partial charge in [-0.1, -0.05) is 26.0 Å². The molecule has 1 aromatic rings. The van der Waals surface area contributed by atoms with Crippen molar-refractivity contribution in [2.24, 2.45) is 17.6 Å². The van der Waals surface area contributed by atoms with E-state index < -0.39 is 5.91 Å². The molecule has 1 aliphatic rings. The number of para-hydroxylation sites is 1.